The van der Waals surface area contributed by atoms with Crippen molar-refractivity contribution in [2.24, 2.45) is 0 Å². The van der Waals surface area contributed by atoms with E-state index in [0.29, 0.717) is 0 Å². The van der Waals surface area contributed by atoms with Crippen LogP contribution in [0.5, 0.6) is 0 Å². The average Bonchev–Trinajstić information content (AvgIpc) is 2.57. The van der Waals surface area contributed by atoms with Crippen LogP contribution >= 0.6 is 0 Å². The summed E-state index contributed by atoms with van der Waals surface area (Å²) in [6, 6.07) is 0. The molecule has 2 heteroatoms. The largest absolute Gasteiger partial charge is 0.392 e. The first-order valence-corrected chi connectivity index (χ1v) is 11.1. The summed E-state index contributed by atoms with van der Waals surface area (Å²) in [5, 5.41) is 9.80. The number of nitrogens with zero attached hydrogens (tertiary/aromatic N) is 1. The van der Waals surface area contributed by atoms with Gasteiger partial charge in [0, 0.05) is 6.54 Å². The summed E-state index contributed by atoms with van der Waals surface area (Å²) in [6.07, 6.45) is 25.9. The van der Waals surface area contributed by atoms with Gasteiger partial charge in [-0.3, -0.25) is 0 Å². The second-order valence-corrected chi connectivity index (χ2v) is 8.00. The van der Waals surface area contributed by atoms with Gasteiger partial charge in [-0.15, -0.1) is 0 Å². The Balaban J connectivity index is 3.14. The zero-order valence-corrected chi connectivity index (χ0v) is 17.6. The zero-order valence-electron chi connectivity index (χ0n) is 17.6. The maximum atomic E-state index is 9.80. The maximum Gasteiger partial charge on any atom is 0.0666 e. The van der Waals surface area contributed by atoms with E-state index in [-0.39, 0.29) is 6.10 Å². The third-order valence-electron chi connectivity index (χ3n) is 4.88. The number of hydrogen-bond donors (Lipinski definition) is 1. The van der Waals surface area contributed by atoms with Crippen LogP contribution in [-0.4, -0.2) is 36.8 Å². The molecule has 0 spiro atoms. The van der Waals surface area contributed by atoms with Crippen LogP contribution in [0.1, 0.15) is 110 Å². The molecule has 1 unspecified atom stereocenters. The van der Waals surface area contributed by atoms with Gasteiger partial charge in [-0.1, -0.05) is 89.7 Å². The Kier molecular flexibility index (Phi) is 19.7. The second-order valence-electron chi connectivity index (χ2n) is 8.00. The van der Waals surface area contributed by atoms with Crippen molar-refractivity contribution in [2.75, 3.05) is 20.6 Å². The Morgan fingerprint density at radius 1 is 0.680 bits per heavy atom. The van der Waals surface area contributed by atoms with E-state index in [9.17, 15) is 5.11 Å². The van der Waals surface area contributed by atoms with Crippen molar-refractivity contribution in [2.45, 2.75) is 116 Å². The number of allylic oxidation sites excluding steroid dienone is 2. The van der Waals surface area contributed by atoms with Gasteiger partial charge in [0.15, 0.2) is 0 Å². The quantitative estimate of drug-likeness (QED) is 0.206. The number of aliphatic hydroxyl groups is 1. The fraction of sp³-hybridized carbons (Fsp3) is 0.913. The van der Waals surface area contributed by atoms with Crippen LogP contribution < -0.4 is 0 Å². The van der Waals surface area contributed by atoms with E-state index in [4.69, 9.17) is 0 Å². The van der Waals surface area contributed by atoms with E-state index in [1.54, 1.807) is 0 Å². The molecule has 0 heterocycles. The van der Waals surface area contributed by atoms with Crippen molar-refractivity contribution < 1.29 is 5.11 Å². The second kappa shape index (κ2) is 20.0. The third kappa shape index (κ3) is 21.6. The van der Waals surface area contributed by atoms with Gasteiger partial charge < -0.3 is 10.0 Å². The summed E-state index contributed by atoms with van der Waals surface area (Å²) >= 11 is 0. The first kappa shape index (κ1) is 24.7. The SMILES string of the molecule is CCCCCCCCC=CCCCCCCCCCC(O)CN(C)C. The van der Waals surface area contributed by atoms with Gasteiger partial charge in [0.05, 0.1) is 6.10 Å². The van der Waals surface area contributed by atoms with Gasteiger partial charge in [-0.2, -0.15) is 0 Å². The summed E-state index contributed by atoms with van der Waals surface area (Å²) in [4.78, 5) is 2.06. The molecule has 150 valence electrons. The highest BCUT2D eigenvalue weighted by Gasteiger charge is 2.04. The topological polar surface area (TPSA) is 23.5 Å². The van der Waals surface area contributed by atoms with Gasteiger partial charge in [-0.25, -0.2) is 0 Å². The number of hydrogen-bond acceptors (Lipinski definition) is 2. The molecule has 0 aromatic heterocycles. The van der Waals surface area contributed by atoms with Gasteiger partial charge in [0.25, 0.3) is 0 Å². The van der Waals surface area contributed by atoms with E-state index >= 15 is 0 Å². The Morgan fingerprint density at radius 2 is 1.12 bits per heavy atom. The first-order valence-electron chi connectivity index (χ1n) is 11.1. The number of unbranched alkanes of at least 4 members (excludes halogenated alkanes) is 13. The fourth-order valence-electron chi connectivity index (χ4n) is 3.32. The zero-order chi connectivity index (χ0) is 18.6. The van der Waals surface area contributed by atoms with E-state index in [1.807, 2.05) is 14.1 Å². The molecule has 0 aromatic rings. The molecule has 0 aromatic carbocycles. The van der Waals surface area contributed by atoms with E-state index in [0.717, 1.165) is 13.0 Å². The highest BCUT2D eigenvalue weighted by Crippen LogP contribution is 2.12. The number of aliphatic hydroxyl groups excluding tert-OH is 1. The summed E-state index contributed by atoms with van der Waals surface area (Å²) < 4.78 is 0. The molecule has 2 nitrogen and oxygen atoms in total. The monoisotopic (exact) mass is 353 g/mol. The van der Waals surface area contributed by atoms with Gasteiger partial charge >= 0.3 is 0 Å². The molecule has 1 atom stereocenters. The molecular formula is C23H47NO. The first-order chi connectivity index (χ1) is 12.2. The molecule has 0 fully saturated rings. The molecule has 0 saturated heterocycles. The standard InChI is InChI=1S/C23H47NO/c1-4-5-6-7-8-9-10-11-12-13-14-15-16-17-18-19-20-21-23(25)22-24(2)3/h11-12,23,25H,4-10,13-22H2,1-3H3. The van der Waals surface area contributed by atoms with Crippen LogP contribution in [0.4, 0.5) is 0 Å². The molecule has 0 bridgehead atoms. The maximum absolute atomic E-state index is 9.80. The molecule has 0 radical (unpaired) electrons. The van der Waals surface area contributed by atoms with Crippen molar-refractivity contribution >= 4 is 0 Å². The summed E-state index contributed by atoms with van der Waals surface area (Å²) in [5.41, 5.74) is 0. The lowest BCUT2D eigenvalue weighted by Crippen LogP contribution is -2.25. The Labute approximate surface area is 159 Å². The molecule has 0 aliphatic carbocycles. The van der Waals surface area contributed by atoms with E-state index in [2.05, 4.69) is 24.0 Å². The lowest BCUT2D eigenvalue weighted by Gasteiger charge is -2.15. The van der Waals surface area contributed by atoms with Crippen molar-refractivity contribution in [1.82, 2.24) is 4.90 Å². The molecule has 0 aliphatic heterocycles. The minimum atomic E-state index is -0.141. The number of rotatable bonds is 19. The van der Waals surface area contributed by atoms with E-state index < -0.39 is 0 Å². The summed E-state index contributed by atoms with van der Waals surface area (Å²) in [7, 11) is 4.04. The fourth-order valence-corrected chi connectivity index (χ4v) is 3.32. The lowest BCUT2D eigenvalue weighted by molar-refractivity contribution is 0.125. The molecule has 0 aliphatic rings. The van der Waals surface area contributed by atoms with E-state index in [1.165, 1.54) is 96.3 Å². The van der Waals surface area contributed by atoms with Gasteiger partial charge in [0.1, 0.15) is 0 Å². The Morgan fingerprint density at radius 3 is 1.60 bits per heavy atom. The van der Waals surface area contributed by atoms with Gasteiger partial charge in [0.2, 0.25) is 0 Å². The van der Waals surface area contributed by atoms with Crippen LogP contribution in [-0.2, 0) is 0 Å². The molecule has 1 N–H and O–H groups in total. The summed E-state index contributed by atoms with van der Waals surface area (Å²) in [6.45, 7) is 3.08. The lowest BCUT2D eigenvalue weighted by atomic mass is 10.1. The Bertz CT molecular complexity index is 275. The summed E-state index contributed by atoms with van der Waals surface area (Å²) in [5.74, 6) is 0. The van der Waals surface area contributed by atoms with Crippen LogP contribution in [0, 0.1) is 0 Å². The van der Waals surface area contributed by atoms with Crippen molar-refractivity contribution in [3.63, 3.8) is 0 Å². The number of likely N-dealkylation sites (N-methyl/N-ethyl adjacent to an activating group) is 1. The third-order valence-corrected chi connectivity index (χ3v) is 4.88. The molecule has 25 heavy (non-hydrogen) atoms. The van der Waals surface area contributed by atoms with Crippen LogP contribution in [0.15, 0.2) is 12.2 Å². The predicted molar refractivity (Wildman–Crippen MR) is 113 cm³/mol. The molecule has 0 rings (SSSR count). The molecule has 0 saturated carbocycles. The van der Waals surface area contributed by atoms with Gasteiger partial charge in [-0.05, 0) is 46.2 Å². The van der Waals surface area contributed by atoms with Crippen LogP contribution in [0.2, 0.25) is 0 Å². The average molecular weight is 354 g/mol. The highest BCUT2D eigenvalue weighted by molar-refractivity contribution is 4.81. The highest BCUT2D eigenvalue weighted by atomic mass is 16.3. The van der Waals surface area contributed by atoms with Crippen LogP contribution in [0.25, 0.3) is 0 Å². The molecule has 0 amide bonds. The van der Waals surface area contributed by atoms with Crippen LogP contribution in [0.3, 0.4) is 0 Å². The minimum absolute atomic E-state index is 0.141. The normalized spacial score (nSPS) is 13.2. The van der Waals surface area contributed by atoms with Crippen molar-refractivity contribution in [3.05, 3.63) is 12.2 Å². The predicted octanol–water partition coefficient (Wildman–Crippen LogP) is 6.73. The molecular weight excluding hydrogens is 306 g/mol. The minimum Gasteiger partial charge on any atom is -0.392 e. The van der Waals surface area contributed by atoms with Crippen molar-refractivity contribution in [1.29, 1.82) is 0 Å². The Hall–Kier alpha value is -0.340. The smallest absolute Gasteiger partial charge is 0.0666 e. The van der Waals surface area contributed by atoms with Crippen molar-refractivity contribution in [3.8, 4) is 0 Å².